The summed E-state index contributed by atoms with van der Waals surface area (Å²) in [6, 6.07) is 9.43. The molecular formula is C15H14N2O2. The number of hydrogen-bond donors (Lipinski definition) is 1. The van der Waals surface area contributed by atoms with Crippen molar-refractivity contribution in [3.05, 3.63) is 36.0 Å². The standard InChI is InChI=1S/C15H14N2O2/c16-8-7-15(5-6-15)10-17-9-4-11-12(14(18)19)2-1-3-13(11)17/h1-4,9H,5-7,10H2,(H,18,19). The molecule has 0 radical (unpaired) electrons. The number of hydrogen-bond acceptors (Lipinski definition) is 2. The van der Waals surface area contributed by atoms with Gasteiger partial charge < -0.3 is 9.67 Å². The quantitative estimate of drug-likeness (QED) is 0.911. The first-order valence-electron chi connectivity index (χ1n) is 6.33. The van der Waals surface area contributed by atoms with Crippen molar-refractivity contribution < 1.29 is 9.90 Å². The van der Waals surface area contributed by atoms with Gasteiger partial charge in [0.15, 0.2) is 0 Å². The van der Waals surface area contributed by atoms with Gasteiger partial charge in [0.1, 0.15) is 0 Å². The molecule has 3 rings (SSSR count). The second-order valence-corrected chi connectivity index (χ2v) is 5.32. The van der Waals surface area contributed by atoms with Crippen molar-refractivity contribution in [3.63, 3.8) is 0 Å². The summed E-state index contributed by atoms with van der Waals surface area (Å²) in [5.74, 6) is -0.901. The lowest BCUT2D eigenvalue weighted by Crippen LogP contribution is -2.10. The third-order valence-electron chi connectivity index (χ3n) is 3.96. The second kappa shape index (κ2) is 4.13. The lowest BCUT2D eigenvalue weighted by molar-refractivity contribution is 0.0699. The van der Waals surface area contributed by atoms with E-state index < -0.39 is 5.97 Å². The summed E-state index contributed by atoms with van der Waals surface area (Å²) in [5.41, 5.74) is 1.38. The number of nitriles is 1. The van der Waals surface area contributed by atoms with Gasteiger partial charge in [-0.05, 0) is 31.0 Å². The van der Waals surface area contributed by atoms with Crippen LogP contribution in [0.3, 0.4) is 0 Å². The Labute approximate surface area is 110 Å². The molecule has 1 N–H and O–H groups in total. The summed E-state index contributed by atoms with van der Waals surface area (Å²) in [7, 11) is 0. The average Bonchev–Trinajstić information content (AvgIpc) is 3.02. The maximum absolute atomic E-state index is 11.2. The SMILES string of the molecule is N#CCC1(Cn2ccc3c(C(=O)O)cccc32)CC1. The van der Waals surface area contributed by atoms with E-state index in [1.807, 2.05) is 18.3 Å². The summed E-state index contributed by atoms with van der Waals surface area (Å²) >= 11 is 0. The largest absolute Gasteiger partial charge is 0.478 e. The molecule has 0 amide bonds. The van der Waals surface area contributed by atoms with Gasteiger partial charge in [0.25, 0.3) is 0 Å². The van der Waals surface area contributed by atoms with Crippen LogP contribution < -0.4 is 0 Å². The predicted molar refractivity (Wildman–Crippen MR) is 70.8 cm³/mol. The Morgan fingerprint density at radius 2 is 2.21 bits per heavy atom. The van der Waals surface area contributed by atoms with Gasteiger partial charge in [-0.15, -0.1) is 0 Å². The maximum Gasteiger partial charge on any atom is 0.336 e. The van der Waals surface area contributed by atoms with Crippen LogP contribution in [-0.4, -0.2) is 15.6 Å². The third-order valence-corrected chi connectivity index (χ3v) is 3.96. The van der Waals surface area contributed by atoms with Crippen LogP contribution in [0.5, 0.6) is 0 Å². The van der Waals surface area contributed by atoms with Crippen LogP contribution in [-0.2, 0) is 6.54 Å². The van der Waals surface area contributed by atoms with Crippen LogP contribution in [0.1, 0.15) is 29.6 Å². The number of carboxylic acids is 1. The number of nitrogens with zero attached hydrogens (tertiary/aromatic N) is 2. The molecule has 0 saturated heterocycles. The number of aromatic carboxylic acids is 1. The molecule has 0 atom stereocenters. The fourth-order valence-corrected chi connectivity index (χ4v) is 2.64. The van der Waals surface area contributed by atoms with E-state index in [0.717, 1.165) is 30.3 Å². The molecule has 96 valence electrons. The Morgan fingerprint density at radius 3 is 2.84 bits per heavy atom. The lowest BCUT2D eigenvalue weighted by Gasteiger charge is -2.13. The molecule has 1 aliphatic carbocycles. The Balaban J connectivity index is 2.00. The summed E-state index contributed by atoms with van der Waals surface area (Å²) in [5, 5.41) is 18.8. The van der Waals surface area contributed by atoms with Gasteiger partial charge in [0, 0.05) is 35.5 Å². The first-order chi connectivity index (χ1) is 9.15. The van der Waals surface area contributed by atoms with E-state index >= 15 is 0 Å². The van der Waals surface area contributed by atoms with Gasteiger partial charge in [-0.25, -0.2) is 4.79 Å². The topological polar surface area (TPSA) is 66.0 Å². The van der Waals surface area contributed by atoms with Gasteiger partial charge in [0.2, 0.25) is 0 Å². The van der Waals surface area contributed by atoms with Crippen molar-refractivity contribution in [2.24, 2.45) is 5.41 Å². The lowest BCUT2D eigenvalue weighted by atomic mass is 10.0. The molecule has 2 aromatic rings. The summed E-state index contributed by atoms with van der Waals surface area (Å²) in [4.78, 5) is 11.2. The van der Waals surface area contributed by atoms with E-state index in [-0.39, 0.29) is 5.41 Å². The van der Waals surface area contributed by atoms with E-state index in [4.69, 9.17) is 10.4 Å². The fourth-order valence-electron chi connectivity index (χ4n) is 2.64. The van der Waals surface area contributed by atoms with E-state index in [9.17, 15) is 4.79 Å². The monoisotopic (exact) mass is 254 g/mol. The van der Waals surface area contributed by atoms with Crippen LogP contribution in [0.4, 0.5) is 0 Å². The van der Waals surface area contributed by atoms with Crippen LogP contribution >= 0.6 is 0 Å². The van der Waals surface area contributed by atoms with Gasteiger partial charge in [0.05, 0.1) is 11.6 Å². The Hall–Kier alpha value is -2.28. The minimum atomic E-state index is -0.901. The minimum Gasteiger partial charge on any atom is -0.478 e. The Morgan fingerprint density at radius 1 is 1.42 bits per heavy atom. The number of benzene rings is 1. The molecule has 0 bridgehead atoms. The van der Waals surface area contributed by atoms with Crippen LogP contribution in [0, 0.1) is 16.7 Å². The highest BCUT2D eigenvalue weighted by Crippen LogP contribution is 2.50. The first-order valence-corrected chi connectivity index (χ1v) is 6.33. The molecule has 0 spiro atoms. The minimum absolute atomic E-state index is 0.111. The molecule has 1 aromatic carbocycles. The van der Waals surface area contributed by atoms with E-state index in [1.165, 1.54) is 0 Å². The molecule has 1 heterocycles. The average molecular weight is 254 g/mol. The second-order valence-electron chi connectivity index (χ2n) is 5.32. The zero-order valence-corrected chi connectivity index (χ0v) is 10.5. The van der Waals surface area contributed by atoms with Crippen LogP contribution in [0.15, 0.2) is 30.5 Å². The molecule has 1 aromatic heterocycles. The fraction of sp³-hybridized carbons (Fsp3) is 0.333. The van der Waals surface area contributed by atoms with Crippen molar-refractivity contribution in [3.8, 4) is 6.07 Å². The molecule has 1 aliphatic rings. The van der Waals surface area contributed by atoms with Gasteiger partial charge in [-0.3, -0.25) is 0 Å². The highest BCUT2D eigenvalue weighted by molar-refractivity contribution is 6.02. The van der Waals surface area contributed by atoms with Crippen molar-refractivity contribution in [1.29, 1.82) is 5.26 Å². The highest BCUT2D eigenvalue weighted by atomic mass is 16.4. The normalized spacial score (nSPS) is 16.2. The van der Waals surface area contributed by atoms with E-state index in [2.05, 4.69) is 10.6 Å². The van der Waals surface area contributed by atoms with Crippen molar-refractivity contribution >= 4 is 16.9 Å². The van der Waals surface area contributed by atoms with E-state index in [1.54, 1.807) is 12.1 Å². The molecule has 0 unspecified atom stereocenters. The Bertz CT molecular complexity index is 690. The van der Waals surface area contributed by atoms with Crippen molar-refractivity contribution in [2.75, 3.05) is 0 Å². The summed E-state index contributed by atoms with van der Waals surface area (Å²) in [6.45, 7) is 0.799. The van der Waals surface area contributed by atoms with Gasteiger partial charge >= 0.3 is 5.97 Å². The predicted octanol–water partition coefficient (Wildman–Crippen LogP) is 3.03. The molecule has 0 aliphatic heterocycles. The Kier molecular flexibility index (Phi) is 2.56. The number of carbonyl (C=O) groups is 1. The van der Waals surface area contributed by atoms with Gasteiger partial charge in [-0.2, -0.15) is 5.26 Å². The number of rotatable bonds is 4. The van der Waals surface area contributed by atoms with Crippen LogP contribution in [0.2, 0.25) is 0 Å². The number of carboxylic acid groups (broad SMARTS) is 1. The molecule has 4 nitrogen and oxygen atoms in total. The zero-order valence-electron chi connectivity index (χ0n) is 10.5. The zero-order chi connectivity index (χ0) is 13.5. The molecule has 19 heavy (non-hydrogen) atoms. The smallest absolute Gasteiger partial charge is 0.336 e. The number of aromatic nitrogens is 1. The van der Waals surface area contributed by atoms with Crippen molar-refractivity contribution in [1.82, 2.24) is 4.57 Å². The van der Waals surface area contributed by atoms with Crippen molar-refractivity contribution in [2.45, 2.75) is 25.8 Å². The third kappa shape index (κ3) is 1.97. The maximum atomic E-state index is 11.2. The van der Waals surface area contributed by atoms with Gasteiger partial charge in [-0.1, -0.05) is 6.07 Å². The first kappa shape index (κ1) is 11.8. The summed E-state index contributed by atoms with van der Waals surface area (Å²) in [6.07, 6.45) is 4.66. The molecule has 4 heteroatoms. The molecule has 1 saturated carbocycles. The molecular weight excluding hydrogens is 240 g/mol. The summed E-state index contributed by atoms with van der Waals surface area (Å²) < 4.78 is 2.08. The van der Waals surface area contributed by atoms with Crippen LogP contribution in [0.25, 0.3) is 10.9 Å². The molecule has 1 fully saturated rings. The highest BCUT2D eigenvalue weighted by Gasteiger charge is 2.42. The van der Waals surface area contributed by atoms with E-state index in [0.29, 0.717) is 12.0 Å². The number of fused-ring (bicyclic) bond motifs is 1.